The normalized spacial score (nSPS) is 18.0. The van der Waals surface area contributed by atoms with Crippen LogP contribution in [-0.2, 0) is 16.6 Å². The molecule has 26 heavy (non-hydrogen) atoms. The maximum atomic E-state index is 12.4. The number of carbonyl (C=O) groups is 1. The van der Waals surface area contributed by atoms with Gasteiger partial charge >= 0.3 is 0 Å². The van der Waals surface area contributed by atoms with Crippen molar-refractivity contribution in [3.05, 3.63) is 64.7 Å². The minimum absolute atomic E-state index is 0.000970. The standard InChI is InChI=1S/C18H20ClN3O3S/c19-16-7-6-14(10-17(16)26(20,24)25)18(23)21-15-8-9-22(12-15)11-13-4-2-1-3-5-13/h1-7,10,15H,8-9,11-12H2,(H,21,23)(H2,20,24,25). The quantitative estimate of drug-likeness (QED) is 0.812. The molecule has 8 heteroatoms. The number of likely N-dealkylation sites (tertiary alicyclic amines) is 1. The third kappa shape index (κ3) is 4.62. The Bertz CT molecular complexity index is 903. The van der Waals surface area contributed by atoms with Crippen LogP contribution in [0.2, 0.25) is 5.02 Å². The number of amides is 1. The van der Waals surface area contributed by atoms with E-state index in [1.807, 2.05) is 18.2 Å². The molecule has 1 fully saturated rings. The van der Waals surface area contributed by atoms with Gasteiger partial charge in [0.1, 0.15) is 4.90 Å². The molecule has 138 valence electrons. The molecule has 0 aromatic heterocycles. The van der Waals surface area contributed by atoms with Crippen molar-refractivity contribution < 1.29 is 13.2 Å². The van der Waals surface area contributed by atoms with Crippen LogP contribution in [0.1, 0.15) is 22.3 Å². The summed E-state index contributed by atoms with van der Waals surface area (Å²) in [6, 6.07) is 14.2. The highest BCUT2D eigenvalue weighted by Crippen LogP contribution is 2.22. The number of nitrogens with two attached hydrogens (primary N) is 1. The Kier molecular flexibility index (Phi) is 5.62. The summed E-state index contributed by atoms with van der Waals surface area (Å²) in [4.78, 5) is 14.5. The molecule has 0 aliphatic carbocycles. The Morgan fingerprint density at radius 3 is 2.65 bits per heavy atom. The van der Waals surface area contributed by atoms with Crippen LogP contribution in [0.3, 0.4) is 0 Å². The molecule has 6 nitrogen and oxygen atoms in total. The number of primary sulfonamides is 1. The minimum Gasteiger partial charge on any atom is -0.348 e. The summed E-state index contributed by atoms with van der Waals surface area (Å²) in [5.41, 5.74) is 1.45. The fraction of sp³-hybridized carbons (Fsp3) is 0.278. The minimum atomic E-state index is -3.98. The summed E-state index contributed by atoms with van der Waals surface area (Å²) >= 11 is 5.85. The molecule has 0 radical (unpaired) electrons. The Morgan fingerprint density at radius 1 is 1.23 bits per heavy atom. The van der Waals surface area contributed by atoms with Gasteiger partial charge in [-0.3, -0.25) is 9.69 Å². The van der Waals surface area contributed by atoms with Gasteiger partial charge in [0.25, 0.3) is 5.91 Å². The topological polar surface area (TPSA) is 92.5 Å². The van der Waals surface area contributed by atoms with Crippen molar-refractivity contribution in [2.75, 3.05) is 13.1 Å². The lowest BCUT2D eigenvalue weighted by molar-refractivity contribution is 0.0937. The van der Waals surface area contributed by atoms with Crippen LogP contribution in [-0.4, -0.2) is 38.4 Å². The average molecular weight is 394 g/mol. The Hall–Kier alpha value is -1.93. The van der Waals surface area contributed by atoms with E-state index in [0.29, 0.717) is 0 Å². The van der Waals surface area contributed by atoms with Crippen molar-refractivity contribution in [1.29, 1.82) is 0 Å². The molecule has 0 bridgehead atoms. The monoisotopic (exact) mass is 393 g/mol. The first kappa shape index (κ1) is 18.8. The van der Waals surface area contributed by atoms with Crippen LogP contribution in [0, 0.1) is 0 Å². The molecule has 1 unspecified atom stereocenters. The second-order valence-corrected chi connectivity index (χ2v) is 8.31. The van der Waals surface area contributed by atoms with E-state index >= 15 is 0 Å². The summed E-state index contributed by atoms with van der Waals surface area (Å²) in [5.74, 6) is -0.335. The van der Waals surface area contributed by atoms with Crippen molar-refractivity contribution in [1.82, 2.24) is 10.2 Å². The third-order valence-electron chi connectivity index (χ3n) is 4.36. The Labute approximate surface area is 158 Å². The predicted octanol–water partition coefficient (Wildman–Crippen LogP) is 1.99. The van der Waals surface area contributed by atoms with Gasteiger partial charge in [-0.15, -0.1) is 0 Å². The van der Waals surface area contributed by atoms with Gasteiger partial charge < -0.3 is 5.32 Å². The first-order valence-electron chi connectivity index (χ1n) is 8.22. The molecular formula is C18H20ClN3O3S. The van der Waals surface area contributed by atoms with E-state index in [1.54, 1.807) is 0 Å². The predicted molar refractivity (Wildman–Crippen MR) is 100 cm³/mol. The van der Waals surface area contributed by atoms with E-state index in [1.165, 1.54) is 23.8 Å². The fourth-order valence-corrected chi connectivity index (χ4v) is 4.14. The molecule has 1 aliphatic rings. The fourth-order valence-electron chi connectivity index (χ4n) is 3.07. The largest absolute Gasteiger partial charge is 0.348 e. The number of benzene rings is 2. The van der Waals surface area contributed by atoms with Crippen LogP contribution in [0.15, 0.2) is 53.4 Å². The zero-order valence-corrected chi connectivity index (χ0v) is 15.6. The van der Waals surface area contributed by atoms with Crippen molar-refractivity contribution in [3.8, 4) is 0 Å². The van der Waals surface area contributed by atoms with E-state index in [-0.39, 0.29) is 27.4 Å². The summed E-state index contributed by atoms with van der Waals surface area (Å²) in [6.45, 7) is 2.48. The van der Waals surface area contributed by atoms with Gasteiger partial charge in [-0.25, -0.2) is 13.6 Å². The van der Waals surface area contributed by atoms with Crippen LogP contribution in [0.5, 0.6) is 0 Å². The summed E-state index contributed by atoms with van der Waals surface area (Å²) in [7, 11) is -3.98. The van der Waals surface area contributed by atoms with Crippen molar-refractivity contribution in [2.45, 2.75) is 23.9 Å². The van der Waals surface area contributed by atoms with Crippen LogP contribution >= 0.6 is 11.6 Å². The molecule has 1 atom stereocenters. The highest BCUT2D eigenvalue weighted by Gasteiger charge is 2.25. The zero-order valence-electron chi connectivity index (χ0n) is 14.1. The SMILES string of the molecule is NS(=O)(=O)c1cc(C(=O)NC2CCN(Cc3ccccc3)C2)ccc1Cl. The van der Waals surface area contributed by atoms with Crippen LogP contribution in [0.25, 0.3) is 0 Å². The summed E-state index contributed by atoms with van der Waals surface area (Å²) in [5, 5.41) is 8.08. The molecule has 1 aliphatic heterocycles. The van der Waals surface area contributed by atoms with Crippen LogP contribution < -0.4 is 10.5 Å². The number of halogens is 1. The lowest BCUT2D eigenvalue weighted by atomic mass is 10.2. The Balaban J connectivity index is 1.62. The van der Waals surface area contributed by atoms with Crippen molar-refractivity contribution >= 4 is 27.5 Å². The zero-order chi connectivity index (χ0) is 18.7. The molecule has 0 spiro atoms. The van der Waals surface area contributed by atoms with Crippen molar-refractivity contribution in [2.24, 2.45) is 5.14 Å². The molecule has 1 amide bonds. The first-order valence-corrected chi connectivity index (χ1v) is 10.1. The average Bonchev–Trinajstić information content (AvgIpc) is 3.02. The maximum Gasteiger partial charge on any atom is 0.251 e. The van der Waals surface area contributed by atoms with E-state index < -0.39 is 10.0 Å². The van der Waals surface area contributed by atoms with Gasteiger partial charge in [0.05, 0.1) is 5.02 Å². The van der Waals surface area contributed by atoms with Crippen LogP contribution in [0.4, 0.5) is 0 Å². The smallest absolute Gasteiger partial charge is 0.251 e. The summed E-state index contributed by atoms with van der Waals surface area (Å²) < 4.78 is 23.1. The maximum absolute atomic E-state index is 12.4. The molecule has 2 aromatic rings. The Morgan fingerprint density at radius 2 is 1.96 bits per heavy atom. The van der Waals surface area contributed by atoms with Gasteiger partial charge in [0.15, 0.2) is 0 Å². The van der Waals surface area contributed by atoms with Gasteiger partial charge in [-0.1, -0.05) is 41.9 Å². The molecule has 1 saturated heterocycles. The highest BCUT2D eigenvalue weighted by atomic mass is 35.5. The second kappa shape index (κ2) is 7.75. The lowest BCUT2D eigenvalue weighted by Gasteiger charge is -2.17. The van der Waals surface area contributed by atoms with E-state index in [0.717, 1.165) is 26.1 Å². The number of rotatable bonds is 5. The molecule has 3 N–H and O–H groups in total. The number of nitrogens with zero attached hydrogens (tertiary/aromatic N) is 1. The van der Waals surface area contributed by atoms with Gasteiger partial charge in [-0.05, 0) is 30.2 Å². The van der Waals surface area contributed by atoms with Gasteiger partial charge in [0, 0.05) is 31.2 Å². The second-order valence-electron chi connectivity index (χ2n) is 6.37. The van der Waals surface area contributed by atoms with E-state index in [2.05, 4.69) is 22.3 Å². The third-order valence-corrected chi connectivity index (χ3v) is 5.75. The molecular weight excluding hydrogens is 374 g/mol. The van der Waals surface area contributed by atoms with E-state index in [9.17, 15) is 13.2 Å². The van der Waals surface area contributed by atoms with E-state index in [4.69, 9.17) is 16.7 Å². The molecule has 3 rings (SSSR count). The molecule has 2 aromatic carbocycles. The first-order chi connectivity index (χ1) is 12.3. The van der Waals surface area contributed by atoms with Gasteiger partial charge in [-0.2, -0.15) is 0 Å². The number of hydrogen-bond donors (Lipinski definition) is 2. The number of sulfonamides is 1. The molecule has 1 heterocycles. The van der Waals surface area contributed by atoms with Crippen molar-refractivity contribution in [3.63, 3.8) is 0 Å². The number of carbonyl (C=O) groups excluding carboxylic acids is 1. The lowest BCUT2D eigenvalue weighted by Crippen LogP contribution is -2.37. The molecule has 0 saturated carbocycles. The highest BCUT2D eigenvalue weighted by molar-refractivity contribution is 7.89. The summed E-state index contributed by atoms with van der Waals surface area (Å²) in [6.07, 6.45) is 0.841. The van der Waals surface area contributed by atoms with Gasteiger partial charge in [0.2, 0.25) is 10.0 Å². The number of nitrogens with one attached hydrogen (secondary N) is 1. The number of hydrogen-bond acceptors (Lipinski definition) is 4.